The van der Waals surface area contributed by atoms with Crippen LogP contribution in [0, 0.1) is 0 Å². The Morgan fingerprint density at radius 3 is 2.67 bits per heavy atom. The van der Waals surface area contributed by atoms with Crippen LogP contribution < -0.4 is 10.9 Å². The number of carbonyl (C=O) groups is 1. The lowest BCUT2D eigenvalue weighted by Gasteiger charge is -2.20. The molecule has 2 heterocycles. The summed E-state index contributed by atoms with van der Waals surface area (Å²) in [6, 6.07) is 7.45. The van der Waals surface area contributed by atoms with Gasteiger partial charge in [-0.15, -0.1) is 10.2 Å². The number of nitrogens with zero attached hydrogens (tertiary/aromatic N) is 4. The third-order valence-electron chi connectivity index (χ3n) is 4.06. The molecule has 3 rings (SSSR count). The molecule has 27 heavy (non-hydrogen) atoms. The van der Waals surface area contributed by atoms with Crippen molar-refractivity contribution in [2.45, 2.75) is 57.8 Å². The number of thioether (sulfide) groups is 1. The smallest absolute Gasteiger partial charge is 0.262 e. The molecule has 0 saturated heterocycles. The number of rotatable bonds is 6. The first-order chi connectivity index (χ1) is 12.8. The maximum Gasteiger partial charge on any atom is 0.262 e. The molecule has 144 valence electrons. The van der Waals surface area contributed by atoms with Crippen molar-refractivity contribution >= 4 is 34.3 Å². The molecule has 0 saturated carbocycles. The molecule has 8 heteroatoms. The predicted octanol–water partition coefficient (Wildman–Crippen LogP) is 2.85. The summed E-state index contributed by atoms with van der Waals surface area (Å²) in [6.45, 7) is 8.52. The Bertz CT molecular complexity index is 1030. The van der Waals surface area contributed by atoms with Gasteiger partial charge in [0.05, 0.1) is 16.7 Å². The van der Waals surface area contributed by atoms with Crippen molar-refractivity contribution in [3.63, 3.8) is 0 Å². The molecular formula is C19H25N5O2S. The van der Waals surface area contributed by atoms with Crippen LogP contribution in [0.15, 0.2) is 34.2 Å². The Morgan fingerprint density at radius 1 is 1.22 bits per heavy atom. The minimum Gasteiger partial charge on any atom is -0.351 e. The number of aryl methyl sites for hydroxylation is 1. The summed E-state index contributed by atoms with van der Waals surface area (Å²) in [6.07, 6.45) is 1.87. The van der Waals surface area contributed by atoms with Gasteiger partial charge in [0.25, 0.3) is 5.56 Å². The van der Waals surface area contributed by atoms with Gasteiger partial charge in [0.1, 0.15) is 0 Å². The van der Waals surface area contributed by atoms with E-state index in [1.54, 1.807) is 4.57 Å². The molecule has 0 aliphatic heterocycles. The Morgan fingerprint density at radius 2 is 1.96 bits per heavy atom. The molecule has 0 aliphatic carbocycles. The largest absolute Gasteiger partial charge is 0.351 e. The zero-order valence-corrected chi connectivity index (χ0v) is 17.0. The molecule has 1 N–H and O–H groups in total. The minimum atomic E-state index is -0.280. The average molecular weight is 388 g/mol. The number of unbranched alkanes of at least 4 members (excludes halogenated alkanes) is 1. The second-order valence-corrected chi connectivity index (χ2v) is 8.47. The lowest BCUT2D eigenvalue weighted by molar-refractivity contribution is -0.119. The number of fused-ring (bicyclic) bond motifs is 3. The number of amides is 1. The Balaban J connectivity index is 2.04. The highest BCUT2D eigenvalue weighted by atomic mass is 32.2. The van der Waals surface area contributed by atoms with Crippen LogP contribution >= 0.6 is 11.8 Å². The highest BCUT2D eigenvalue weighted by Crippen LogP contribution is 2.21. The average Bonchev–Trinajstić information content (AvgIpc) is 3.02. The monoisotopic (exact) mass is 387 g/mol. The number of aromatic nitrogens is 4. The summed E-state index contributed by atoms with van der Waals surface area (Å²) < 4.78 is 3.56. The van der Waals surface area contributed by atoms with Gasteiger partial charge in [-0.25, -0.2) is 0 Å². The van der Waals surface area contributed by atoms with Crippen LogP contribution in [-0.4, -0.2) is 36.4 Å². The molecule has 1 amide bonds. The van der Waals surface area contributed by atoms with Crippen LogP contribution in [0.5, 0.6) is 0 Å². The van der Waals surface area contributed by atoms with Crippen LogP contribution in [-0.2, 0) is 11.3 Å². The fourth-order valence-corrected chi connectivity index (χ4v) is 3.67. The fourth-order valence-electron chi connectivity index (χ4n) is 2.93. The molecule has 0 unspecified atom stereocenters. The Hall–Kier alpha value is -2.35. The Kier molecular flexibility index (Phi) is 5.55. The molecule has 1 aromatic carbocycles. The molecule has 0 bridgehead atoms. The molecule has 0 aliphatic rings. The fraction of sp³-hybridized carbons (Fsp3) is 0.474. The first kappa shape index (κ1) is 19.4. The Labute approximate surface area is 162 Å². The van der Waals surface area contributed by atoms with Crippen molar-refractivity contribution in [1.29, 1.82) is 0 Å². The van der Waals surface area contributed by atoms with E-state index in [0.717, 1.165) is 18.4 Å². The standard InChI is InChI=1S/C19H25N5O2S/c1-5-6-11-23-16(26)13-9-7-8-10-14(13)24-17(23)21-22-18(24)27-12-15(25)20-19(2,3)4/h7-10H,5-6,11-12H2,1-4H3,(H,20,25). The number of para-hydroxylation sites is 1. The van der Waals surface area contributed by atoms with E-state index in [4.69, 9.17) is 0 Å². The van der Waals surface area contributed by atoms with Gasteiger partial charge in [-0.3, -0.25) is 18.6 Å². The van der Waals surface area contributed by atoms with E-state index in [0.29, 0.717) is 22.9 Å². The summed E-state index contributed by atoms with van der Waals surface area (Å²) in [5.74, 6) is 0.694. The summed E-state index contributed by atoms with van der Waals surface area (Å²) in [4.78, 5) is 25.1. The van der Waals surface area contributed by atoms with Crippen molar-refractivity contribution in [3.05, 3.63) is 34.6 Å². The SMILES string of the molecule is CCCCn1c(=O)c2ccccc2n2c(SCC(=O)NC(C)(C)C)nnc12. The lowest BCUT2D eigenvalue weighted by atomic mass is 10.1. The zero-order chi connectivity index (χ0) is 19.6. The van der Waals surface area contributed by atoms with Gasteiger partial charge in [-0.2, -0.15) is 0 Å². The molecule has 2 aromatic heterocycles. The van der Waals surface area contributed by atoms with Crippen LogP contribution in [0.25, 0.3) is 16.7 Å². The van der Waals surface area contributed by atoms with E-state index in [1.165, 1.54) is 11.8 Å². The maximum atomic E-state index is 12.9. The van der Waals surface area contributed by atoms with E-state index >= 15 is 0 Å². The van der Waals surface area contributed by atoms with E-state index in [2.05, 4.69) is 22.4 Å². The summed E-state index contributed by atoms with van der Waals surface area (Å²) in [7, 11) is 0. The normalized spacial score (nSPS) is 12.0. The summed E-state index contributed by atoms with van der Waals surface area (Å²) in [5, 5.41) is 12.7. The van der Waals surface area contributed by atoms with Gasteiger partial charge >= 0.3 is 0 Å². The van der Waals surface area contributed by atoms with Gasteiger partial charge < -0.3 is 5.32 Å². The van der Waals surface area contributed by atoms with E-state index < -0.39 is 0 Å². The number of nitrogens with one attached hydrogen (secondary N) is 1. The molecule has 0 radical (unpaired) electrons. The van der Waals surface area contributed by atoms with Gasteiger partial charge in [0, 0.05) is 12.1 Å². The zero-order valence-electron chi connectivity index (χ0n) is 16.2. The van der Waals surface area contributed by atoms with Crippen LogP contribution in [0.2, 0.25) is 0 Å². The van der Waals surface area contributed by atoms with E-state index in [-0.39, 0.29) is 22.8 Å². The molecular weight excluding hydrogens is 362 g/mol. The highest BCUT2D eigenvalue weighted by molar-refractivity contribution is 7.99. The number of hydrogen-bond acceptors (Lipinski definition) is 5. The molecule has 7 nitrogen and oxygen atoms in total. The summed E-state index contributed by atoms with van der Waals surface area (Å²) in [5.41, 5.74) is 0.424. The molecule has 0 fully saturated rings. The second-order valence-electron chi connectivity index (χ2n) is 7.53. The third kappa shape index (κ3) is 4.16. The number of carbonyl (C=O) groups excluding carboxylic acids is 1. The summed E-state index contributed by atoms with van der Waals surface area (Å²) >= 11 is 1.32. The maximum absolute atomic E-state index is 12.9. The first-order valence-electron chi connectivity index (χ1n) is 9.12. The van der Waals surface area contributed by atoms with Crippen LogP contribution in [0.1, 0.15) is 40.5 Å². The molecule has 3 aromatic rings. The second kappa shape index (κ2) is 7.72. The van der Waals surface area contributed by atoms with Crippen LogP contribution in [0.3, 0.4) is 0 Å². The van der Waals surface area contributed by atoms with Crippen molar-refractivity contribution in [3.8, 4) is 0 Å². The number of benzene rings is 1. The van der Waals surface area contributed by atoms with Crippen molar-refractivity contribution < 1.29 is 4.79 Å². The van der Waals surface area contributed by atoms with E-state index in [1.807, 2.05) is 49.4 Å². The third-order valence-corrected chi connectivity index (χ3v) is 4.99. The molecule has 0 atom stereocenters. The number of hydrogen-bond donors (Lipinski definition) is 1. The highest BCUT2D eigenvalue weighted by Gasteiger charge is 2.19. The quantitative estimate of drug-likeness (QED) is 0.658. The van der Waals surface area contributed by atoms with E-state index in [9.17, 15) is 9.59 Å². The predicted molar refractivity (Wildman–Crippen MR) is 108 cm³/mol. The van der Waals surface area contributed by atoms with Crippen molar-refractivity contribution in [2.75, 3.05) is 5.75 Å². The lowest BCUT2D eigenvalue weighted by Crippen LogP contribution is -2.41. The van der Waals surface area contributed by atoms with Crippen LogP contribution in [0.4, 0.5) is 0 Å². The van der Waals surface area contributed by atoms with Gasteiger partial charge in [0.2, 0.25) is 11.7 Å². The van der Waals surface area contributed by atoms with Gasteiger partial charge in [0.15, 0.2) is 5.16 Å². The molecule has 0 spiro atoms. The first-order valence-corrected chi connectivity index (χ1v) is 10.1. The minimum absolute atomic E-state index is 0.0547. The van der Waals surface area contributed by atoms with Crippen molar-refractivity contribution in [1.82, 2.24) is 24.5 Å². The topological polar surface area (TPSA) is 81.3 Å². The van der Waals surface area contributed by atoms with Crippen molar-refractivity contribution in [2.24, 2.45) is 0 Å². The van der Waals surface area contributed by atoms with Gasteiger partial charge in [-0.1, -0.05) is 37.2 Å². The van der Waals surface area contributed by atoms with Gasteiger partial charge in [-0.05, 0) is 39.3 Å².